The maximum absolute atomic E-state index is 12.5. The van der Waals surface area contributed by atoms with Gasteiger partial charge in [-0.15, -0.1) is 0 Å². The topological polar surface area (TPSA) is 134 Å². The van der Waals surface area contributed by atoms with E-state index in [9.17, 15) is 19.0 Å². The lowest BCUT2D eigenvalue weighted by molar-refractivity contribution is -0.161. The molecule has 0 aliphatic carbocycles. The highest BCUT2D eigenvalue weighted by Gasteiger charge is 2.25. The van der Waals surface area contributed by atoms with Gasteiger partial charge < -0.3 is 20.1 Å². The third-order valence-corrected chi connectivity index (χ3v) is 8.97. The predicted octanol–water partition coefficient (Wildman–Crippen LogP) is 11.8. The van der Waals surface area contributed by atoms with Crippen molar-refractivity contribution < 1.29 is 37.6 Å². The van der Waals surface area contributed by atoms with Gasteiger partial charge in [0.05, 0.1) is 13.2 Å². The first-order valence-electron chi connectivity index (χ1n) is 20.7. The zero-order valence-corrected chi connectivity index (χ0v) is 35.0. The molecule has 10 heteroatoms. The van der Waals surface area contributed by atoms with Gasteiger partial charge in [0, 0.05) is 19.4 Å². The van der Waals surface area contributed by atoms with Gasteiger partial charge >= 0.3 is 19.8 Å². The highest BCUT2D eigenvalue weighted by Crippen LogP contribution is 2.43. The summed E-state index contributed by atoms with van der Waals surface area (Å²) in [5.41, 5.74) is 5.32. The maximum atomic E-state index is 12.5. The number of phosphoric ester groups is 1. The average Bonchev–Trinajstić information content (AvgIpc) is 3.17. The van der Waals surface area contributed by atoms with Crippen LogP contribution in [0.25, 0.3) is 0 Å². The Morgan fingerprint density at radius 2 is 1.00 bits per heavy atom. The number of ether oxygens (including phenoxy) is 2. The summed E-state index contributed by atoms with van der Waals surface area (Å²) in [6.07, 6.45) is 51.8. The van der Waals surface area contributed by atoms with E-state index in [1.807, 2.05) is 0 Å². The number of carbonyl (C=O) groups excluding carboxylic acids is 2. The third kappa shape index (κ3) is 40.4. The summed E-state index contributed by atoms with van der Waals surface area (Å²) in [6, 6.07) is 0. The first-order valence-corrected chi connectivity index (χ1v) is 22.2. The van der Waals surface area contributed by atoms with Crippen molar-refractivity contribution >= 4 is 19.8 Å². The molecule has 0 aromatic heterocycles. The molecule has 3 N–H and O–H groups in total. The van der Waals surface area contributed by atoms with E-state index in [0.717, 1.165) is 89.9 Å². The van der Waals surface area contributed by atoms with Crippen molar-refractivity contribution in [3.8, 4) is 0 Å². The van der Waals surface area contributed by atoms with Gasteiger partial charge in [0.1, 0.15) is 6.61 Å². The average molecular weight is 788 g/mol. The highest BCUT2D eigenvalue weighted by molar-refractivity contribution is 7.47. The Morgan fingerprint density at radius 3 is 1.49 bits per heavy atom. The van der Waals surface area contributed by atoms with E-state index in [-0.39, 0.29) is 32.6 Å². The molecule has 0 radical (unpaired) electrons. The SMILES string of the molecule is CC/C=C\C/C=C\C/C=C\C/C=C\C/C=C\C/C=C\C/C=C\C/C=C\CCCCC(=O)OC(COC(=O)CCCCCCCCC)COP(=O)(O)OCCN. The van der Waals surface area contributed by atoms with Crippen LogP contribution in [0.5, 0.6) is 0 Å². The van der Waals surface area contributed by atoms with Crippen LogP contribution in [0.15, 0.2) is 97.2 Å². The monoisotopic (exact) mass is 788 g/mol. The molecule has 0 rings (SSSR count). The fourth-order valence-electron chi connectivity index (χ4n) is 4.94. The number of unbranched alkanes of at least 4 members (excludes halogenated alkanes) is 8. The molecule has 0 saturated heterocycles. The number of rotatable bonds is 37. The standard InChI is InChI=1S/C45H74NO8P/c1-3-5-7-9-11-12-13-14-15-16-17-18-19-20-21-22-23-24-25-26-27-28-29-30-32-34-36-38-45(48)54-43(42-53-55(49,50)52-40-39-46)41-51-44(47)37-35-33-31-10-8-6-4-2/h5,7,11-12,14-15,17-18,20-21,23-24,26-27,29-30,43H,3-4,6,8-10,13,16,19,22,25,28,31-42,46H2,1-2H3,(H,49,50)/b7-5-,12-11-,15-14-,18-17-,21-20-,24-23-,27-26-,30-29-. The van der Waals surface area contributed by atoms with Crippen molar-refractivity contribution in [1.29, 1.82) is 0 Å². The number of hydrogen-bond donors (Lipinski definition) is 2. The van der Waals surface area contributed by atoms with E-state index in [1.165, 1.54) is 19.3 Å². The van der Waals surface area contributed by atoms with E-state index >= 15 is 0 Å². The van der Waals surface area contributed by atoms with E-state index in [4.69, 9.17) is 24.3 Å². The predicted molar refractivity (Wildman–Crippen MR) is 228 cm³/mol. The summed E-state index contributed by atoms with van der Waals surface area (Å²) in [7, 11) is -4.39. The van der Waals surface area contributed by atoms with Crippen LogP contribution in [0.4, 0.5) is 0 Å². The van der Waals surface area contributed by atoms with Gasteiger partial charge in [-0.05, 0) is 77.0 Å². The van der Waals surface area contributed by atoms with E-state index in [0.29, 0.717) is 6.42 Å². The van der Waals surface area contributed by atoms with Gasteiger partial charge in [-0.1, -0.05) is 150 Å². The third-order valence-electron chi connectivity index (χ3n) is 7.98. The second-order valence-corrected chi connectivity index (χ2v) is 14.6. The Morgan fingerprint density at radius 1 is 0.564 bits per heavy atom. The van der Waals surface area contributed by atoms with Gasteiger partial charge in [0.15, 0.2) is 6.10 Å². The number of carbonyl (C=O) groups is 2. The molecule has 2 atom stereocenters. The molecule has 0 aliphatic rings. The number of hydrogen-bond acceptors (Lipinski definition) is 8. The number of allylic oxidation sites excluding steroid dienone is 16. The van der Waals surface area contributed by atoms with Crippen molar-refractivity contribution in [1.82, 2.24) is 0 Å². The zero-order chi connectivity index (χ0) is 40.3. The molecule has 0 amide bonds. The summed E-state index contributed by atoms with van der Waals surface area (Å²) < 4.78 is 32.5. The van der Waals surface area contributed by atoms with E-state index < -0.39 is 32.5 Å². The minimum Gasteiger partial charge on any atom is -0.462 e. The molecule has 0 saturated carbocycles. The molecule has 0 fully saturated rings. The molecule has 55 heavy (non-hydrogen) atoms. The Hall–Kier alpha value is -3.07. The van der Waals surface area contributed by atoms with E-state index in [2.05, 4.69) is 111 Å². The van der Waals surface area contributed by atoms with Crippen molar-refractivity contribution in [3.05, 3.63) is 97.2 Å². The lowest BCUT2D eigenvalue weighted by atomic mass is 10.1. The molecule has 0 aromatic rings. The fraction of sp³-hybridized carbons (Fsp3) is 0.600. The second-order valence-electron chi connectivity index (χ2n) is 13.1. The molecular formula is C45H74NO8P. The molecule has 0 heterocycles. The van der Waals surface area contributed by atoms with Crippen molar-refractivity contribution in [2.75, 3.05) is 26.4 Å². The van der Waals surface area contributed by atoms with Crippen LogP contribution >= 0.6 is 7.82 Å². The van der Waals surface area contributed by atoms with Gasteiger partial charge in [-0.2, -0.15) is 0 Å². The number of esters is 2. The number of phosphoric acid groups is 1. The first-order chi connectivity index (χ1) is 26.8. The van der Waals surface area contributed by atoms with E-state index in [1.54, 1.807) is 0 Å². The normalized spacial score (nSPS) is 14.3. The van der Waals surface area contributed by atoms with Crippen molar-refractivity contribution in [3.63, 3.8) is 0 Å². The molecule has 312 valence electrons. The summed E-state index contributed by atoms with van der Waals surface area (Å²) in [5.74, 6) is -0.898. The van der Waals surface area contributed by atoms with Crippen LogP contribution < -0.4 is 5.73 Å². The van der Waals surface area contributed by atoms with Crippen LogP contribution in [0.3, 0.4) is 0 Å². The molecule has 0 spiro atoms. The summed E-state index contributed by atoms with van der Waals surface area (Å²) in [6.45, 7) is 3.48. The molecule has 0 aliphatic heterocycles. The minimum atomic E-state index is -4.39. The first kappa shape index (κ1) is 51.9. The maximum Gasteiger partial charge on any atom is 0.472 e. The lowest BCUT2D eigenvalue weighted by Gasteiger charge is -2.19. The Kier molecular flexibility index (Phi) is 38.3. The highest BCUT2D eigenvalue weighted by atomic mass is 31.2. The summed E-state index contributed by atoms with van der Waals surface area (Å²) >= 11 is 0. The second kappa shape index (κ2) is 40.6. The number of nitrogens with two attached hydrogens (primary N) is 1. The Balaban J connectivity index is 4.19. The van der Waals surface area contributed by atoms with Crippen LogP contribution in [-0.4, -0.2) is 49.3 Å². The van der Waals surface area contributed by atoms with Crippen LogP contribution in [0, 0.1) is 0 Å². The van der Waals surface area contributed by atoms with Gasteiger partial charge in [0.2, 0.25) is 0 Å². The smallest absolute Gasteiger partial charge is 0.462 e. The molecule has 0 aromatic carbocycles. The fourth-order valence-corrected chi connectivity index (χ4v) is 5.71. The van der Waals surface area contributed by atoms with Crippen molar-refractivity contribution in [2.45, 2.75) is 148 Å². The van der Waals surface area contributed by atoms with Crippen molar-refractivity contribution in [2.24, 2.45) is 5.73 Å². The molecular weight excluding hydrogens is 713 g/mol. The lowest BCUT2D eigenvalue weighted by Crippen LogP contribution is -2.29. The Labute approximate surface area is 334 Å². The van der Waals surface area contributed by atoms with Crippen LogP contribution in [-0.2, 0) is 32.7 Å². The minimum absolute atomic E-state index is 0.0412. The quantitative estimate of drug-likeness (QED) is 0.0273. The summed E-state index contributed by atoms with van der Waals surface area (Å²) in [5, 5.41) is 0. The van der Waals surface area contributed by atoms with Gasteiger partial charge in [-0.25, -0.2) is 4.57 Å². The Bertz CT molecular complexity index is 1220. The zero-order valence-electron chi connectivity index (χ0n) is 34.1. The molecule has 9 nitrogen and oxygen atoms in total. The van der Waals surface area contributed by atoms with Gasteiger partial charge in [-0.3, -0.25) is 18.6 Å². The van der Waals surface area contributed by atoms with Crippen LogP contribution in [0.1, 0.15) is 142 Å². The molecule has 0 bridgehead atoms. The van der Waals surface area contributed by atoms with Gasteiger partial charge in [0.25, 0.3) is 0 Å². The largest absolute Gasteiger partial charge is 0.472 e. The summed E-state index contributed by atoms with van der Waals surface area (Å²) in [4.78, 5) is 34.6. The molecule has 2 unspecified atom stereocenters. The van der Waals surface area contributed by atoms with Crippen LogP contribution in [0.2, 0.25) is 0 Å².